The van der Waals surface area contributed by atoms with E-state index in [1.165, 1.54) is 0 Å². The number of imide groups is 1. The van der Waals surface area contributed by atoms with Crippen LogP contribution in [0.2, 0.25) is 5.02 Å². The van der Waals surface area contributed by atoms with Gasteiger partial charge in [-0.15, -0.1) is 0 Å². The van der Waals surface area contributed by atoms with Crippen molar-refractivity contribution in [2.24, 2.45) is 0 Å². The summed E-state index contributed by atoms with van der Waals surface area (Å²) in [4.78, 5) is 25.6. The molecule has 0 aliphatic rings. The van der Waals surface area contributed by atoms with Crippen LogP contribution in [0.4, 0.5) is 15.3 Å². The van der Waals surface area contributed by atoms with Gasteiger partial charge in [-0.05, 0) is 53.7 Å². The minimum Gasteiger partial charge on any atom is -0.491 e. The number of benzene rings is 1. The zero-order chi connectivity index (χ0) is 24.4. The van der Waals surface area contributed by atoms with E-state index < -0.39 is 23.4 Å². The Morgan fingerprint density at radius 2 is 1.34 bits per heavy atom. The van der Waals surface area contributed by atoms with Gasteiger partial charge in [0.1, 0.15) is 23.6 Å². The number of ether oxygens (including phenoxy) is 5. The number of nitrogens with zero attached hydrogens (tertiary/aromatic N) is 1. The van der Waals surface area contributed by atoms with Crippen LogP contribution in [0.3, 0.4) is 0 Å². The Labute approximate surface area is 195 Å². The summed E-state index contributed by atoms with van der Waals surface area (Å²) in [5.41, 5.74) is 4.73. The number of carbonyl (C=O) groups is 2. The molecule has 0 saturated carbocycles. The van der Waals surface area contributed by atoms with E-state index in [9.17, 15) is 9.59 Å². The van der Waals surface area contributed by atoms with Crippen molar-refractivity contribution in [2.75, 3.05) is 45.3 Å². The highest BCUT2D eigenvalue weighted by Gasteiger charge is 2.30. The van der Waals surface area contributed by atoms with Crippen LogP contribution in [0.5, 0.6) is 5.75 Å². The summed E-state index contributed by atoms with van der Waals surface area (Å²) in [5, 5.41) is 0.501. The van der Waals surface area contributed by atoms with E-state index in [4.69, 9.17) is 41.0 Å². The number of halogens is 1. The first-order chi connectivity index (χ1) is 14.8. The van der Waals surface area contributed by atoms with Gasteiger partial charge in [0.15, 0.2) is 0 Å². The molecule has 0 bridgehead atoms. The Balaban J connectivity index is 2.32. The highest BCUT2D eigenvalue weighted by molar-refractivity contribution is 6.31. The SMILES string of the molecule is CC(C)(C)OC(=O)N(CCOCCOCCOc1cc(N)cc(Cl)c1)C(=O)OC(C)(C)C. The number of hydrogen-bond donors (Lipinski definition) is 1. The van der Waals surface area contributed by atoms with Gasteiger partial charge in [-0.2, -0.15) is 0 Å². The summed E-state index contributed by atoms with van der Waals surface area (Å²) < 4.78 is 27.0. The third kappa shape index (κ3) is 12.6. The maximum Gasteiger partial charge on any atom is 0.419 e. The van der Waals surface area contributed by atoms with Gasteiger partial charge >= 0.3 is 12.2 Å². The third-order valence-electron chi connectivity index (χ3n) is 3.45. The molecule has 0 saturated heterocycles. The molecule has 0 aliphatic heterocycles. The molecule has 0 aromatic heterocycles. The van der Waals surface area contributed by atoms with Crippen molar-refractivity contribution < 1.29 is 33.3 Å². The Morgan fingerprint density at radius 1 is 0.844 bits per heavy atom. The molecule has 0 radical (unpaired) electrons. The zero-order valence-electron chi connectivity index (χ0n) is 19.7. The molecule has 0 aliphatic carbocycles. The van der Waals surface area contributed by atoms with E-state index >= 15 is 0 Å². The second kappa shape index (κ2) is 12.7. The normalized spacial score (nSPS) is 11.7. The minimum atomic E-state index is -0.787. The van der Waals surface area contributed by atoms with E-state index in [1.807, 2.05) is 0 Å². The van der Waals surface area contributed by atoms with E-state index in [2.05, 4.69) is 0 Å². The molecule has 10 heteroatoms. The van der Waals surface area contributed by atoms with Crippen molar-refractivity contribution >= 4 is 29.5 Å². The quantitative estimate of drug-likeness (QED) is 0.389. The Kier molecular flexibility index (Phi) is 11.0. The number of amides is 2. The predicted molar refractivity (Wildman–Crippen MR) is 122 cm³/mol. The average Bonchev–Trinajstić information content (AvgIpc) is 2.59. The molecule has 0 fully saturated rings. The van der Waals surface area contributed by atoms with Gasteiger partial charge < -0.3 is 29.4 Å². The summed E-state index contributed by atoms with van der Waals surface area (Å²) >= 11 is 5.92. The van der Waals surface area contributed by atoms with E-state index in [0.717, 1.165) is 4.90 Å². The molecule has 1 aromatic carbocycles. The number of nitrogens with two attached hydrogens (primary N) is 1. The lowest BCUT2D eigenvalue weighted by Crippen LogP contribution is -2.45. The van der Waals surface area contributed by atoms with Crippen molar-refractivity contribution in [1.82, 2.24) is 4.90 Å². The number of carbonyl (C=O) groups excluding carboxylic acids is 2. The van der Waals surface area contributed by atoms with E-state index in [1.54, 1.807) is 59.7 Å². The lowest BCUT2D eigenvalue weighted by molar-refractivity contribution is -0.00878. The van der Waals surface area contributed by atoms with Gasteiger partial charge in [-0.3, -0.25) is 0 Å². The fourth-order valence-corrected chi connectivity index (χ4v) is 2.49. The van der Waals surface area contributed by atoms with Crippen LogP contribution >= 0.6 is 11.6 Å². The van der Waals surface area contributed by atoms with Gasteiger partial charge in [0.25, 0.3) is 0 Å². The molecule has 2 N–H and O–H groups in total. The molecule has 32 heavy (non-hydrogen) atoms. The van der Waals surface area contributed by atoms with Gasteiger partial charge in [0.05, 0.1) is 33.0 Å². The molecule has 1 rings (SSSR count). The second-order valence-electron chi connectivity index (χ2n) is 8.91. The topological polar surface area (TPSA) is 110 Å². The molecular formula is C22H35ClN2O7. The third-order valence-corrected chi connectivity index (χ3v) is 3.67. The van der Waals surface area contributed by atoms with Crippen LogP contribution in [0.25, 0.3) is 0 Å². The standard InChI is InChI=1S/C22H35ClN2O7/c1-21(2,3)31-19(26)25(20(27)32-22(4,5)6)7-8-28-9-10-29-11-12-30-18-14-16(23)13-17(24)15-18/h13-15H,7-12,24H2,1-6H3. The van der Waals surface area contributed by atoms with Crippen molar-refractivity contribution in [3.63, 3.8) is 0 Å². The van der Waals surface area contributed by atoms with Gasteiger partial charge in [0, 0.05) is 16.8 Å². The monoisotopic (exact) mass is 474 g/mol. The van der Waals surface area contributed by atoms with Crippen LogP contribution in [-0.2, 0) is 18.9 Å². The Hall–Kier alpha value is -2.23. The summed E-state index contributed by atoms with van der Waals surface area (Å²) in [6, 6.07) is 4.98. The predicted octanol–water partition coefficient (Wildman–Crippen LogP) is 4.51. The Bertz CT molecular complexity index is 697. The Morgan fingerprint density at radius 3 is 1.84 bits per heavy atom. The molecule has 182 valence electrons. The van der Waals surface area contributed by atoms with Crippen molar-refractivity contribution in [3.05, 3.63) is 23.2 Å². The molecule has 2 amide bonds. The number of hydrogen-bond acceptors (Lipinski definition) is 8. The maximum absolute atomic E-state index is 12.4. The van der Waals surface area contributed by atoms with Crippen LogP contribution < -0.4 is 10.5 Å². The van der Waals surface area contributed by atoms with E-state index in [0.29, 0.717) is 36.3 Å². The van der Waals surface area contributed by atoms with Gasteiger partial charge in [-0.25, -0.2) is 14.5 Å². The number of rotatable bonds is 10. The van der Waals surface area contributed by atoms with Crippen LogP contribution in [0, 0.1) is 0 Å². The number of anilines is 1. The molecule has 1 aromatic rings. The second-order valence-corrected chi connectivity index (χ2v) is 9.34. The minimum absolute atomic E-state index is 0.0108. The first-order valence-electron chi connectivity index (χ1n) is 10.3. The van der Waals surface area contributed by atoms with E-state index in [-0.39, 0.29) is 19.8 Å². The fraction of sp³-hybridized carbons (Fsp3) is 0.636. The fourth-order valence-electron chi connectivity index (χ4n) is 2.26. The van der Waals surface area contributed by atoms with Crippen LogP contribution in [-0.4, -0.2) is 67.9 Å². The highest BCUT2D eigenvalue weighted by atomic mass is 35.5. The van der Waals surface area contributed by atoms with Crippen LogP contribution in [0.1, 0.15) is 41.5 Å². The lowest BCUT2D eigenvalue weighted by Gasteiger charge is -2.28. The van der Waals surface area contributed by atoms with Crippen molar-refractivity contribution in [1.29, 1.82) is 0 Å². The molecule has 0 heterocycles. The first-order valence-corrected chi connectivity index (χ1v) is 10.7. The molecule has 0 atom stereocenters. The maximum atomic E-state index is 12.4. The molecule has 0 spiro atoms. The van der Waals surface area contributed by atoms with Crippen molar-refractivity contribution in [2.45, 2.75) is 52.7 Å². The lowest BCUT2D eigenvalue weighted by atomic mass is 10.2. The van der Waals surface area contributed by atoms with Crippen LogP contribution in [0.15, 0.2) is 18.2 Å². The first kappa shape index (κ1) is 27.8. The summed E-state index contributed by atoms with van der Waals surface area (Å²) in [6.07, 6.45) is -1.57. The molecule has 0 unspecified atom stereocenters. The summed E-state index contributed by atoms with van der Waals surface area (Å²) in [5.74, 6) is 0.569. The summed E-state index contributed by atoms with van der Waals surface area (Å²) in [6.45, 7) is 11.7. The largest absolute Gasteiger partial charge is 0.491 e. The average molecular weight is 475 g/mol. The smallest absolute Gasteiger partial charge is 0.419 e. The highest BCUT2D eigenvalue weighted by Crippen LogP contribution is 2.22. The zero-order valence-corrected chi connectivity index (χ0v) is 20.5. The van der Waals surface area contributed by atoms with Gasteiger partial charge in [-0.1, -0.05) is 11.6 Å². The summed E-state index contributed by atoms with van der Waals surface area (Å²) in [7, 11) is 0. The molecule has 9 nitrogen and oxygen atoms in total. The number of nitrogen functional groups attached to an aromatic ring is 1. The van der Waals surface area contributed by atoms with Gasteiger partial charge in [0.2, 0.25) is 0 Å². The van der Waals surface area contributed by atoms with Crippen molar-refractivity contribution in [3.8, 4) is 5.75 Å². The molecular weight excluding hydrogens is 440 g/mol.